The standard InChI is InChI=1S/C24H23S/c1-2-10-22(11-3-1)25(23-14-12-18-6-4-8-20(18)16-23)24-15-13-19-7-5-9-21(19)17-24/h1-3,10-17H,4-9H2/q+1. The van der Waals surface area contributed by atoms with Gasteiger partial charge < -0.3 is 0 Å². The number of hydrogen-bond donors (Lipinski definition) is 0. The van der Waals surface area contributed by atoms with E-state index < -0.39 is 0 Å². The summed E-state index contributed by atoms with van der Waals surface area (Å²) in [6, 6.07) is 25.6. The Morgan fingerprint density at radius 2 is 1.00 bits per heavy atom. The molecule has 0 atom stereocenters. The smallest absolute Gasteiger partial charge is 0.0619 e. The molecule has 0 fully saturated rings. The number of hydrogen-bond acceptors (Lipinski definition) is 0. The molecular formula is C24H23S+. The zero-order valence-electron chi connectivity index (χ0n) is 14.5. The van der Waals surface area contributed by atoms with E-state index in [1.54, 1.807) is 22.3 Å². The van der Waals surface area contributed by atoms with Crippen LogP contribution in [0.25, 0.3) is 0 Å². The van der Waals surface area contributed by atoms with Crippen molar-refractivity contribution < 1.29 is 0 Å². The van der Waals surface area contributed by atoms with E-state index in [4.69, 9.17) is 0 Å². The van der Waals surface area contributed by atoms with Crippen LogP contribution >= 0.6 is 0 Å². The number of fused-ring (bicyclic) bond motifs is 2. The highest BCUT2D eigenvalue weighted by atomic mass is 32.2. The number of rotatable bonds is 3. The van der Waals surface area contributed by atoms with Crippen molar-refractivity contribution in [3.05, 3.63) is 89.0 Å². The van der Waals surface area contributed by atoms with Crippen molar-refractivity contribution in [1.29, 1.82) is 0 Å². The van der Waals surface area contributed by atoms with E-state index >= 15 is 0 Å². The molecule has 124 valence electrons. The van der Waals surface area contributed by atoms with Gasteiger partial charge in [-0.3, -0.25) is 0 Å². The Morgan fingerprint density at radius 3 is 1.56 bits per heavy atom. The molecule has 3 aromatic carbocycles. The van der Waals surface area contributed by atoms with E-state index in [-0.39, 0.29) is 10.9 Å². The van der Waals surface area contributed by atoms with Crippen LogP contribution in [0.1, 0.15) is 35.1 Å². The molecule has 0 spiro atoms. The molecule has 0 heterocycles. The van der Waals surface area contributed by atoms with Gasteiger partial charge in [-0.1, -0.05) is 30.3 Å². The van der Waals surface area contributed by atoms with Crippen molar-refractivity contribution in [3.63, 3.8) is 0 Å². The molecule has 5 rings (SSSR count). The Morgan fingerprint density at radius 1 is 0.480 bits per heavy atom. The van der Waals surface area contributed by atoms with Crippen LogP contribution in [-0.4, -0.2) is 0 Å². The van der Waals surface area contributed by atoms with Crippen molar-refractivity contribution in [2.24, 2.45) is 0 Å². The van der Waals surface area contributed by atoms with Crippen molar-refractivity contribution in [2.45, 2.75) is 53.2 Å². The van der Waals surface area contributed by atoms with Crippen LogP contribution in [-0.2, 0) is 36.6 Å². The van der Waals surface area contributed by atoms with Crippen LogP contribution in [0.4, 0.5) is 0 Å². The lowest BCUT2D eigenvalue weighted by atomic mass is 10.1. The van der Waals surface area contributed by atoms with E-state index in [9.17, 15) is 0 Å². The summed E-state index contributed by atoms with van der Waals surface area (Å²) in [5.41, 5.74) is 6.28. The molecule has 0 radical (unpaired) electrons. The molecular weight excluding hydrogens is 320 g/mol. The lowest BCUT2D eigenvalue weighted by molar-refractivity contribution is 0.911. The molecule has 2 aliphatic rings. The maximum atomic E-state index is 2.49. The topological polar surface area (TPSA) is 0 Å². The first-order valence-corrected chi connectivity index (χ1v) is 10.6. The second-order valence-electron chi connectivity index (χ2n) is 7.19. The molecule has 0 saturated carbocycles. The van der Waals surface area contributed by atoms with Gasteiger partial charge in [-0.25, -0.2) is 0 Å². The maximum Gasteiger partial charge on any atom is 0.166 e. The van der Waals surface area contributed by atoms with Gasteiger partial charge in [0.25, 0.3) is 0 Å². The van der Waals surface area contributed by atoms with E-state index in [0.717, 1.165) is 0 Å². The van der Waals surface area contributed by atoms with Gasteiger partial charge in [0.1, 0.15) is 0 Å². The molecule has 0 unspecified atom stereocenters. The Bertz CT molecular complexity index is 853. The van der Waals surface area contributed by atoms with Gasteiger partial charge in [0.2, 0.25) is 0 Å². The largest absolute Gasteiger partial charge is 0.166 e. The van der Waals surface area contributed by atoms with Crippen LogP contribution in [0.3, 0.4) is 0 Å². The first-order valence-electron chi connectivity index (χ1n) is 9.41. The third kappa shape index (κ3) is 2.81. The van der Waals surface area contributed by atoms with Crippen LogP contribution in [0, 0.1) is 0 Å². The molecule has 3 aromatic rings. The van der Waals surface area contributed by atoms with E-state index in [0.29, 0.717) is 0 Å². The first kappa shape index (κ1) is 15.3. The maximum absolute atomic E-state index is 2.49. The zero-order chi connectivity index (χ0) is 16.6. The minimum atomic E-state index is 0.000617. The summed E-state index contributed by atoms with van der Waals surface area (Å²) in [5, 5.41) is 0. The predicted octanol–water partition coefficient (Wildman–Crippen LogP) is 5.76. The second-order valence-corrected chi connectivity index (χ2v) is 9.21. The fourth-order valence-electron chi connectivity index (χ4n) is 4.32. The SMILES string of the molecule is c1ccc([S+](c2ccc3c(c2)CCC3)c2ccc3c(c2)CCC3)cc1. The average Bonchev–Trinajstić information content (AvgIpc) is 3.31. The number of aryl methyl sites for hydroxylation is 4. The Labute approximate surface area is 153 Å². The molecule has 0 saturated heterocycles. The quantitative estimate of drug-likeness (QED) is 0.530. The average molecular weight is 344 g/mol. The van der Waals surface area contributed by atoms with Crippen LogP contribution in [0.5, 0.6) is 0 Å². The molecule has 0 aromatic heterocycles. The zero-order valence-corrected chi connectivity index (χ0v) is 15.3. The normalized spacial score (nSPS) is 15.4. The fourth-order valence-corrected chi connectivity index (χ4v) is 6.49. The van der Waals surface area contributed by atoms with Crippen molar-refractivity contribution in [2.75, 3.05) is 0 Å². The van der Waals surface area contributed by atoms with Gasteiger partial charge in [-0.15, -0.1) is 0 Å². The fraction of sp³-hybridized carbons (Fsp3) is 0.250. The summed E-state index contributed by atoms with van der Waals surface area (Å²) < 4.78 is 0. The summed E-state index contributed by atoms with van der Waals surface area (Å²) in [7, 11) is 0.000617. The summed E-state index contributed by atoms with van der Waals surface area (Å²) in [5.74, 6) is 0. The minimum absolute atomic E-state index is 0.000617. The van der Waals surface area contributed by atoms with Crippen molar-refractivity contribution in [1.82, 2.24) is 0 Å². The molecule has 0 N–H and O–H groups in total. The lowest BCUT2D eigenvalue weighted by Crippen LogP contribution is -2.06. The van der Waals surface area contributed by atoms with Gasteiger partial charge in [0.05, 0.1) is 10.9 Å². The predicted molar refractivity (Wildman–Crippen MR) is 106 cm³/mol. The first-order chi connectivity index (χ1) is 12.4. The molecule has 0 nitrogen and oxygen atoms in total. The van der Waals surface area contributed by atoms with E-state index in [1.807, 2.05) is 0 Å². The Balaban J connectivity index is 1.64. The van der Waals surface area contributed by atoms with Gasteiger partial charge in [-0.05, 0) is 97.2 Å². The highest BCUT2D eigenvalue weighted by Crippen LogP contribution is 2.36. The molecule has 0 amide bonds. The lowest BCUT2D eigenvalue weighted by Gasteiger charge is -2.11. The summed E-state index contributed by atoms with van der Waals surface area (Å²) in [6.45, 7) is 0. The van der Waals surface area contributed by atoms with Crippen LogP contribution < -0.4 is 0 Å². The Kier molecular flexibility index (Phi) is 3.90. The van der Waals surface area contributed by atoms with Gasteiger partial charge in [0.15, 0.2) is 14.7 Å². The van der Waals surface area contributed by atoms with E-state index in [2.05, 4.69) is 66.7 Å². The third-order valence-corrected chi connectivity index (χ3v) is 7.78. The minimum Gasteiger partial charge on any atom is -0.0619 e. The van der Waals surface area contributed by atoms with Gasteiger partial charge in [-0.2, -0.15) is 0 Å². The van der Waals surface area contributed by atoms with E-state index in [1.165, 1.54) is 53.2 Å². The number of benzene rings is 3. The second kappa shape index (κ2) is 6.38. The summed E-state index contributed by atoms with van der Waals surface area (Å²) in [6.07, 6.45) is 7.65. The van der Waals surface area contributed by atoms with Gasteiger partial charge in [0, 0.05) is 0 Å². The molecule has 25 heavy (non-hydrogen) atoms. The van der Waals surface area contributed by atoms with Crippen LogP contribution in [0.2, 0.25) is 0 Å². The van der Waals surface area contributed by atoms with Gasteiger partial charge >= 0.3 is 0 Å². The monoisotopic (exact) mass is 343 g/mol. The van der Waals surface area contributed by atoms with Crippen molar-refractivity contribution >= 4 is 10.9 Å². The molecule has 0 bridgehead atoms. The molecule has 2 aliphatic carbocycles. The highest BCUT2D eigenvalue weighted by molar-refractivity contribution is 7.97. The highest BCUT2D eigenvalue weighted by Gasteiger charge is 2.30. The molecule has 0 aliphatic heterocycles. The molecule has 1 heteroatoms. The van der Waals surface area contributed by atoms with Crippen molar-refractivity contribution in [3.8, 4) is 0 Å². The summed E-state index contributed by atoms with van der Waals surface area (Å²) >= 11 is 0. The summed E-state index contributed by atoms with van der Waals surface area (Å²) in [4.78, 5) is 4.38. The Hall–Kier alpha value is -1.99. The van der Waals surface area contributed by atoms with Crippen LogP contribution in [0.15, 0.2) is 81.4 Å². The third-order valence-electron chi connectivity index (χ3n) is 5.59.